The highest BCUT2D eigenvalue weighted by Gasteiger charge is 2.40. The zero-order chi connectivity index (χ0) is 10.9. The summed E-state index contributed by atoms with van der Waals surface area (Å²) in [5.41, 5.74) is 0.131. The Bertz CT molecular complexity index is 265. The summed E-state index contributed by atoms with van der Waals surface area (Å²) in [4.78, 5) is 24.7. The third-order valence-electron chi connectivity index (χ3n) is 3.63. The van der Waals surface area contributed by atoms with E-state index < -0.39 is 0 Å². The van der Waals surface area contributed by atoms with Gasteiger partial charge in [-0.2, -0.15) is 12.6 Å². The van der Waals surface area contributed by atoms with Gasteiger partial charge in [0.2, 0.25) is 11.8 Å². The fraction of sp³-hybridized carbons (Fsp3) is 0.818. The maximum Gasteiger partial charge on any atom is 0.229 e. The standard InChI is InChI=1S/C11H17NO2S/c13-9-3-1-4-10(14)12(9)7-11(8-15)5-2-6-11/h15H,1-8H2. The van der Waals surface area contributed by atoms with E-state index in [0.717, 1.165) is 25.0 Å². The third kappa shape index (κ3) is 2.05. The summed E-state index contributed by atoms with van der Waals surface area (Å²) in [7, 11) is 0. The Morgan fingerprint density at radius 3 is 2.13 bits per heavy atom. The molecule has 1 saturated heterocycles. The van der Waals surface area contributed by atoms with E-state index in [-0.39, 0.29) is 17.2 Å². The molecular weight excluding hydrogens is 210 g/mol. The minimum atomic E-state index is 0.0132. The summed E-state index contributed by atoms with van der Waals surface area (Å²) in [6, 6.07) is 0. The number of thiol groups is 1. The molecule has 2 fully saturated rings. The Hall–Kier alpha value is -0.510. The molecule has 15 heavy (non-hydrogen) atoms. The molecule has 1 aliphatic heterocycles. The second-order valence-electron chi connectivity index (χ2n) is 4.74. The highest BCUT2D eigenvalue weighted by atomic mass is 32.1. The van der Waals surface area contributed by atoms with E-state index in [1.54, 1.807) is 0 Å². The van der Waals surface area contributed by atoms with Crippen molar-refractivity contribution >= 4 is 24.4 Å². The molecule has 3 nitrogen and oxygen atoms in total. The molecule has 0 radical (unpaired) electrons. The maximum absolute atomic E-state index is 11.6. The van der Waals surface area contributed by atoms with Crippen LogP contribution in [0, 0.1) is 5.41 Å². The summed E-state index contributed by atoms with van der Waals surface area (Å²) >= 11 is 4.34. The second-order valence-corrected chi connectivity index (χ2v) is 5.06. The van der Waals surface area contributed by atoms with E-state index in [2.05, 4.69) is 12.6 Å². The molecule has 0 aromatic rings. The van der Waals surface area contributed by atoms with E-state index in [9.17, 15) is 9.59 Å². The van der Waals surface area contributed by atoms with Crippen LogP contribution in [0.2, 0.25) is 0 Å². The molecule has 0 aromatic carbocycles. The van der Waals surface area contributed by atoms with Gasteiger partial charge in [0.15, 0.2) is 0 Å². The van der Waals surface area contributed by atoms with E-state index in [4.69, 9.17) is 0 Å². The Balaban J connectivity index is 2.02. The van der Waals surface area contributed by atoms with Crippen molar-refractivity contribution in [2.24, 2.45) is 5.41 Å². The van der Waals surface area contributed by atoms with Crippen molar-refractivity contribution in [2.45, 2.75) is 38.5 Å². The van der Waals surface area contributed by atoms with Gasteiger partial charge < -0.3 is 0 Å². The highest BCUT2D eigenvalue weighted by molar-refractivity contribution is 7.80. The number of amides is 2. The predicted molar refractivity (Wildman–Crippen MR) is 60.7 cm³/mol. The number of likely N-dealkylation sites (tertiary alicyclic amines) is 1. The van der Waals surface area contributed by atoms with Crippen LogP contribution in [0.4, 0.5) is 0 Å². The van der Waals surface area contributed by atoms with Crippen molar-refractivity contribution in [1.29, 1.82) is 0 Å². The van der Waals surface area contributed by atoms with Crippen molar-refractivity contribution in [1.82, 2.24) is 4.90 Å². The van der Waals surface area contributed by atoms with Crippen LogP contribution in [0.25, 0.3) is 0 Å². The summed E-state index contributed by atoms with van der Waals surface area (Å²) in [6.07, 6.45) is 5.21. The van der Waals surface area contributed by atoms with Gasteiger partial charge in [-0.05, 0) is 30.4 Å². The Morgan fingerprint density at radius 1 is 1.13 bits per heavy atom. The lowest BCUT2D eigenvalue weighted by atomic mass is 9.69. The number of rotatable bonds is 3. The Labute approximate surface area is 95.6 Å². The van der Waals surface area contributed by atoms with Gasteiger partial charge in [-0.15, -0.1) is 0 Å². The van der Waals surface area contributed by atoms with Crippen LogP contribution < -0.4 is 0 Å². The minimum Gasteiger partial charge on any atom is -0.282 e. The largest absolute Gasteiger partial charge is 0.282 e. The van der Waals surface area contributed by atoms with Gasteiger partial charge in [0.05, 0.1) is 0 Å². The van der Waals surface area contributed by atoms with Gasteiger partial charge in [0, 0.05) is 19.4 Å². The van der Waals surface area contributed by atoms with Gasteiger partial charge in [-0.3, -0.25) is 14.5 Å². The predicted octanol–water partition coefficient (Wildman–Crippen LogP) is 1.63. The topological polar surface area (TPSA) is 37.4 Å². The smallest absolute Gasteiger partial charge is 0.229 e. The van der Waals surface area contributed by atoms with Crippen molar-refractivity contribution < 1.29 is 9.59 Å². The molecule has 2 amide bonds. The van der Waals surface area contributed by atoms with Crippen molar-refractivity contribution in [2.75, 3.05) is 12.3 Å². The molecule has 0 unspecified atom stereocenters. The molecule has 1 heterocycles. The molecule has 2 rings (SSSR count). The lowest BCUT2D eigenvalue weighted by molar-refractivity contribution is -0.150. The number of hydrogen-bond donors (Lipinski definition) is 1. The molecule has 84 valence electrons. The van der Waals surface area contributed by atoms with E-state index in [1.807, 2.05) is 0 Å². The number of nitrogens with zero attached hydrogens (tertiary/aromatic N) is 1. The normalized spacial score (nSPS) is 25.3. The highest BCUT2D eigenvalue weighted by Crippen LogP contribution is 2.42. The number of carbonyl (C=O) groups is 2. The zero-order valence-electron chi connectivity index (χ0n) is 8.87. The first-order valence-electron chi connectivity index (χ1n) is 5.61. The van der Waals surface area contributed by atoms with Crippen LogP contribution in [0.3, 0.4) is 0 Å². The number of carbonyl (C=O) groups excluding carboxylic acids is 2. The molecule has 0 N–H and O–H groups in total. The minimum absolute atomic E-state index is 0.0132. The van der Waals surface area contributed by atoms with Crippen LogP contribution in [0.5, 0.6) is 0 Å². The van der Waals surface area contributed by atoms with Crippen LogP contribution >= 0.6 is 12.6 Å². The first kappa shape index (κ1) is 11.0. The van der Waals surface area contributed by atoms with Gasteiger partial charge in [-0.25, -0.2) is 0 Å². The first-order valence-corrected chi connectivity index (χ1v) is 6.24. The van der Waals surface area contributed by atoms with Crippen molar-refractivity contribution in [3.63, 3.8) is 0 Å². The number of hydrogen-bond acceptors (Lipinski definition) is 3. The lowest BCUT2D eigenvalue weighted by Gasteiger charge is -2.44. The van der Waals surface area contributed by atoms with Gasteiger partial charge in [0.1, 0.15) is 0 Å². The summed E-state index contributed by atoms with van der Waals surface area (Å²) in [5.74, 6) is 0.808. The molecule has 0 bridgehead atoms. The molecular formula is C11H17NO2S. The SMILES string of the molecule is O=C1CCCC(=O)N1CC1(CS)CCC1. The molecule has 4 heteroatoms. The van der Waals surface area contributed by atoms with E-state index >= 15 is 0 Å². The second kappa shape index (κ2) is 4.16. The molecule has 1 aliphatic carbocycles. The Morgan fingerprint density at radius 2 is 1.73 bits per heavy atom. The first-order chi connectivity index (χ1) is 7.17. The van der Waals surface area contributed by atoms with Crippen LogP contribution in [-0.2, 0) is 9.59 Å². The number of piperidine rings is 1. The van der Waals surface area contributed by atoms with Gasteiger partial charge >= 0.3 is 0 Å². The molecule has 0 spiro atoms. The van der Waals surface area contributed by atoms with Crippen LogP contribution in [0.1, 0.15) is 38.5 Å². The average Bonchev–Trinajstić information content (AvgIpc) is 2.15. The molecule has 0 aromatic heterocycles. The fourth-order valence-corrected chi connectivity index (χ4v) is 2.77. The third-order valence-corrected chi connectivity index (χ3v) is 4.30. The molecule has 2 aliphatic rings. The van der Waals surface area contributed by atoms with Gasteiger partial charge in [0.25, 0.3) is 0 Å². The zero-order valence-corrected chi connectivity index (χ0v) is 9.76. The molecule has 0 atom stereocenters. The summed E-state index contributed by atoms with van der Waals surface area (Å²) in [5, 5.41) is 0. The lowest BCUT2D eigenvalue weighted by Crippen LogP contribution is -2.50. The summed E-state index contributed by atoms with van der Waals surface area (Å²) < 4.78 is 0. The van der Waals surface area contributed by atoms with Crippen LogP contribution in [0.15, 0.2) is 0 Å². The summed E-state index contributed by atoms with van der Waals surface area (Å²) in [6.45, 7) is 0.605. The maximum atomic E-state index is 11.6. The van der Waals surface area contributed by atoms with Crippen LogP contribution in [-0.4, -0.2) is 29.0 Å². The van der Waals surface area contributed by atoms with E-state index in [0.29, 0.717) is 19.4 Å². The Kier molecular flexibility index (Phi) is 3.05. The number of imide groups is 1. The quantitative estimate of drug-likeness (QED) is 0.587. The fourth-order valence-electron chi connectivity index (χ4n) is 2.35. The van der Waals surface area contributed by atoms with Gasteiger partial charge in [-0.1, -0.05) is 6.42 Å². The van der Waals surface area contributed by atoms with Crippen molar-refractivity contribution in [3.8, 4) is 0 Å². The molecule has 1 saturated carbocycles. The average molecular weight is 227 g/mol. The van der Waals surface area contributed by atoms with Crippen molar-refractivity contribution in [3.05, 3.63) is 0 Å². The van der Waals surface area contributed by atoms with E-state index in [1.165, 1.54) is 11.3 Å². The monoisotopic (exact) mass is 227 g/mol.